The number of ether oxygens (including phenoxy) is 3. The first-order chi connectivity index (χ1) is 20.4. The number of methoxy groups -OCH3 is 1. The van der Waals surface area contributed by atoms with Gasteiger partial charge in [0.1, 0.15) is 16.8 Å². The molecule has 2 amide bonds. The number of nitrogens with zero attached hydrogens (tertiary/aromatic N) is 6. The van der Waals surface area contributed by atoms with Crippen LogP contribution in [-0.4, -0.2) is 89.4 Å². The van der Waals surface area contributed by atoms with Gasteiger partial charge in [0.2, 0.25) is 0 Å². The SMILES string of the molecule is CNC(=O)c1nc(-c2cc3cn(C)nc3c(F)c2OCOC)nc2ccc(N3CC[C@@H](N(C)C(=O)OC(C)(C)C)C3)cc12. The van der Waals surface area contributed by atoms with Crippen LogP contribution in [0, 0.1) is 5.82 Å². The van der Waals surface area contributed by atoms with Crippen molar-refractivity contribution in [2.24, 2.45) is 7.05 Å². The molecule has 0 radical (unpaired) electrons. The second kappa shape index (κ2) is 11.6. The third kappa shape index (κ3) is 6.03. The summed E-state index contributed by atoms with van der Waals surface area (Å²) in [5, 5.41) is 7.91. The molecule has 2 aromatic heterocycles. The van der Waals surface area contributed by atoms with E-state index in [1.54, 1.807) is 31.3 Å². The molecule has 0 saturated carbocycles. The Hall–Kier alpha value is -4.52. The van der Waals surface area contributed by atoms with E-state index in [-0.39, 0.29) is 47.3 Å². The van der Waals surface area contributed by atoms with Crippen LogP contribution in [0.15, 0.2) is 30.5 Å². The van der Waals surface area contributed by atoms with Crippen LogP contribution in [-0.2, 0) is 16.5 Å². The molecule has 2 aromatic carbocycles. The maximum absolute atomic E-state index is 15.6. The van der Waals surface area contributed by atoms with Gasteiger partial charge in [-0.3, -0.25) is 9.48 Å². The van der Waals surface area contributed by atoms with Gasteiger partial charge in [-0.05, 0) is 51.5 Å². The number of aromatic nitrogens is 4. The Morgan fingerprint density at radius 3 is 2.67 bits per heavy atom. The Kier molecular flexibility index (Phi) is 8.10. The third-order valence-electron chi connectivity index (χ3n) is 7.25. The first-order valence-corrected chi connectivity index (χ1v) is 13.9. The summed E-state index contributed by atoms with van der Waals surface area (Å²) in [6, 6.07) is 7.24. The highest BCUT2D eigenvalue weighted by molar-refractivity contribution is 6.06. The Labute approximate surface area is 248 Å². The fraction of sp³-hybridized carbons (Fsp3) is 0.433. The molecule has 1 saturated heterocycles. The fourth-order valence-electron chi connectivity index (χ4n) is 5.16. The zero-order valence-corrected chi connectivity index (χ0v) is 25.4. The van der Waals surface area contributed by atoms with Gasteiger partial charge >= 0.3 is 6.09 Å². The zero-order chi connectivity index (χ0) is 31.1. The molecule has 228 valence electrons. The molecule has 1 atom stereocenters. The predicted molar refractivity (Wildman–Crippen MR) is 160 cm³/mol. The van der Waals surface area contributed by atoms with Crippen LogP contribution in [0.1, 0.15) is 37.7 Å². The standard InChI is InChI=1S/C30H36FN7O5/c1-30(2,3)43-29(40)37(6)19-10-11-38(15-19)18-8-9-22-20(13-18)25(28(39)32-4)34-27(33-22)21-12-17-14-36(5)35-24(17)23(31)26(21)42-16-41-7/h8-9,12-14,19H,10-11,15-16H2,1-7H3,(H,32,39)/t19-/m1/s1. The van der Waals surface area contributed by atoms with Gasteiger partial charge < -0.3 is 29.3 Å². The van der Waals surface area contributed by atoms with Gasteiger partial charge in [-0.1, -0.05) is 0 Å². The molecule has 1 aliphatic rings. The number of fused-ring (bicyclic) bond motifs is 2. The van der Waals surface area contributed by atoms with Crippen molar-refractivity contribution in [2.45, 2.75) is 38.8 Å². The van der Waals surface area contributed by atoms with Crippen molar-refractivity contribution in [3.8, 4) is 17.1 Å². The third-order valence-corrected chi connectivity index (χ3v) is 7.25. The Bertz CT molecular complexity index is 1700. The Balaban J connectivity index is 1.53. The average molecular weight is 594 g/mol. The van der Waals surface area contributed by atoms with E-state index in [1.165, 1.54) is 18.8 Å². The van der Waals surface area contributed by atoms with Crippen LogP contribution in [0.2, 0.25) is 0 Å². The molecule has 0 aliphatic carbocycles. The Morgan fingerprint density at radius 2 is 1.98 bits per heavy atom. The van der Waals surface area contributed by atoms with Crippen LogP contribution in [0.5, 0.6) is 5.75 Å². The van der Waals surface area contributed by atoms with Gasteiger partial charge in [-0.25, -0.2) is 19.2 Å². The van der Waals surface area contributed by atoms with Crippen molar-refractivity contribution in [3.05, 3.63) is 42.0 Å². The number of carbonyl (C=O) groups excluding carboxylic acids is 2. The van der Waals surface area contributed by atoms with Crippen LogP contribution < -0.4 is 15.0 Å². The van der Waals surface area contributed by atoms with Crippen LogP contribution in [0.4, 0.5) is 14.9 Å². The van der Waals surface area contributed by atoms with Gasteiger partial charge in [0, 0.05) is 64.0 Å². The van der Waals surface area contributed by atoms with E-state index in [4.69, 9.17) is 19.2 Å². The molecule has 1 fully saturated rings. The molecule has 12 nitrogen and oxygen atoms in total. The number of halogens is 1. The van der Waals surface area contributed by atoms with Gasteiger partial charge in [-0.15, -0.1) is 0 Å². The first kappa shape index (κ1) is 30.0. The molecule has 1 N–H and O–H groups in total. The van der Waals surface area contributed by atoms with E-state index in [0.717, 1.165) is 12.1 Å². The maximum atomic E-state index is 15.6. The number of aryl methyl sites for hydroxylation is 1. The summed E-state index contributed by atoms with van der Waals surface area (Å²) in [5.41, 5.74) is 1.31. The maximum Gasteiger partial charge on any atom is 0.410 e. The summed E-state index contributed by atoms with van der Waals surface area (Å²) in [5.74, 6) is -1.10. The summed E-state index contributed by atoms with van der Waals surface area (Å²) in [6.45, 7) is 6.62. The number of nitrogens with one attached hydrogen (secondary N) is 1. The van der Waals surface area contributed by atoms with Gasteiger partial charge in [0.05, 0.1) is 17.1 Å². The number of likely N-dealkylation sites (N-methyl/N-ethyl adjacent to an activating group) is 1. The van der Waals surface area contributed by atoms with E-state index < -0.39 is 17.3 Å². The summed E-state index contributed by atoms with van der Waals surface area (Å²) in [4.78, 5) is 38.8. The lowest BCUT2D eigenvalue weighted by atomic mass is 10.1. The Morgan fingerprint density at radius 1 is 1.21 bits per heavy atom. The fourth-order valence-corrected chi connectivity index (χ4v) is 5.16. The second-order valence-corrected chi connectivity index (χ2v) is 11.5. The predicted octanol–water partition coefficient (Wildman–Crippen LogP) is 4.11. The lowest BCUT2D eigenvalue weighted by Gasteiger charge is -2.29. The van der Waals surface area contributed by atoms with Crippen LogP contribution in [0.3, 0.4) is 0 Å². The summed E-state index contributed by atoms with van der Waals surface area (Å²) in [7, 11) is 6.40. The number of amides is 2. The van der Waals surface area contributed by atoms with Crippen molar-refractivity contribution in [2.75, 3.05) is 46.0 Å². The van der Waals surface area contributed by atoms with Crippen molar-refractivity contribution in [1.82, 2.24) is 30.0 Å². The normalized spacial score (nSPS) is 15.3. The topological polar surface area (TPSA) is 124 Å². The van der Waals surface area contributed by atoms with E-state index in [9.17, 15) is 9.59 Å². The molecule has 3 heterocycles. The number of rotatable bonds is 7. The minimum atomic E-state index is -0.675. The number of benzene rings is 2. The molecule has 0 spiro atoms. The lowest BCUT2D eigenvalue weighted by Crippen LogP contribution is -2.42. The number of hydrogen-bond acceptors (Lipinski definition) is 9. The van der Waals surface area contributed by atoms with Crippen LogP contribution >= 0.6 is 0 Å². The largest absolute Gasteiger partial charge is 0.464 e. The minimum absolute atomic E-state index is 0.0367. The van der Waals surface area contributed by atoms with Gasteiger partial charge in [0.15, 0.2) is 24.2 Å². The smallest absolute Gasteiger partial charge is 0.410 e. The summed E-state index contributed by atoms with van der Waals surface area (Å²) < 4.78 is 33.3. The van der Waals surface area contributed by atoms with Gasteiger partial charge in [0.25, 0.3) is 5.91 Å². The lowest BCUT2D eigenvalue weighted by molar-refractivity contribution is 0.0237. The molecule has 43 heavy (non-hydrogen) atoms. The zero-order valence-electron chi connectivity index (χ0n) is 25.4. The van der Waals surface area contributed by atoms with Crippen molar-refractivity contribution < 1.29 is 28.2 Å². The summed E-state index contributed by atoms with van der Waals surface area (Å²) in [6.07, 6.45) is 2.08. The molecule has 13 heteroatoms. The molecule has 0 unspecified atom stereocenters. The molecular weight excluding hydrogens is 557 g/mol. The number of hydrogen-bond donors (Lipinski definition) is 1. The minimum Gasteiger partial charge on any atom is -0.464 e. The van der Waals surface area contributed by atoms with Gasteiger partial charge in [-0.2, -0.15) is 5.10 Å². The highest BCUT2D eigenvalue weighted by Crippen LogP contribution is 2.37. The molecule has 5 rings (SSSR count). The second-order valence-electron chi connectivity index (χ2n) is 11.5. The summed E-state index contributed by atoms with van der Waals surface area (Å²) >= 11 is 0. The van der Waals surface area contributed by atoms with Crippen molar-refractivity contribution in [1.29, 1.82) is 0 Å². The highest BCUT2D eigenvalue weighted by Gasteiger charge is 2.31. The quantitative estimate of drug-likeness (QED) is 0.315. The molecule has 0 bridgehead atoms. The van der Waals surface area contributed by atoms with E-state index in [0.29, 0.717) is 29.4 Å². The number of anilines is 1. The van der Waals surface area contributed by atoms with E-state index >= 15 is 4.39 Å². The van der Waals surface area contributed by atoms with E-state index in [2.05, 4.69) is 20.3 Å². The first-order valence-electron chi connectivity index (χ1n) is 13.9. The van der Waals surface area contributed by atoms with Crippen LogP contribution in [0.25, 0.3) is 33.2 Å². The molecule has 4 aromatic rings. The molecular formula is C30H36FN7O5. The molecule has 1 aliphatic heterocycles. The number of carbonyl (C=O) groups is 2. The van der Waals surface area contributed by atoms with Crippen molar-refractivity contribution >= 4 is 39.5 Å². The average Bonchev–Trinajstić information content (AvgIpc) is 3.61. The highest BCUT2D eigenvalue weighted by atomic mass is 19.1. The monoisotopic (exact) mass is 593 g/mol. The van der Waals surface area contributed by atoms with Crippen molar-refractivity contribution in [3.63, 3.8) is 0 Å². The van der Waals surface area contributed by atoms with E-state index in [1.807, 2.05) is 39.0 Å².